The molecular weight excluding hydrogens is 116 g/mol. The standard InChI is InChI=1S/C6H12N2O/c1-7-4-5-8-3-2-6-9/h4-5,9H,2-3,6H2,1H3. The Morgan fingerprint density at radius 2 is 2.22 bits per heavy atom. The van der Waals surface area contributed by atoms with Crippen molar-refractivity contribution in [2.75, 3.05) is 20.2 Å². The van der Waals surface area contributed by atoms with Crippen LogP contribution in [0.3, 0.4) is 0 Å². The summed E-state index contributed by atoms with van der Waals surface area (Å²) in [5.41, 5.74) is 0. The zero-order chi connectivity index (χ0) is 6.95. The lowest BCUT2D eigenvalue weighted by atomic mass is 10.5. The van der Waals surface area contributed by atoms with Crippen LogP contribution in [0.4, 0.5) is 0 Å². The molecule has 0 aromatic heterocycles. The Bertz CT molecular complexity index is 99.2. The second-order valence-electron chi connectivity index (χ2n) is 1.54. The third-order valence-electron chi connectivity index (χ3n) is 0.766. The van der Waals surface area contributed by atoms with Gasteiger partial charge in [-0.1, -0.05) is 0 Å². The van der Waals surface area contributed by atoms with Crippen molar-refractivity contribution in [3.05, 3.63) is 0 Å². The van der Waals surface area contributed by atoms with E-state index in [4.69, 9.17) is 5.11 Å². The van der Waals surface area contributed by atoms with Crippen LogP contribution in [0, 0.1) is 0 Å². The molecule has 9 heavy (non-hydrogen) atoms. The highest BCUT2D eigenvalue weighted by Gasteiger charge is 1.75. The van der Waals surface area contributed by atoms with E-state index in [0.717, 1.165) is 6.42 Å². The molecule has 52 valence electrons. The predicted octanol–water partition coefficient (Wildman–Crippen LogP) is 0.140. The van der Waals surface area contributed by atoms with E-state index in [1.165, 1.54) is 0 Å². The van der Waals surface area contributed by atoms with Gasteiger partial charge in [-0.3, -0.25) is 9.98 Å². The Kier molecular flexibility index (Phi) is 6.73. The fraction of sp³-hybridized carbons (Fsp3) is 0.667. The van der Waals surface area contributed by atoms with Gasteiger partial charge in [0, 0.05) is 32.6 Å². The van der Waals surface area contributed by atoms with Crippen LogP contribution < -0.4 is 0 Å². The first kappa shape index (κ1) is 8.30. The molecule has 0 aromatic carbocycles. The van der Waals surface area contributed by atoms with E-state index in [9.17, 15) is 0 Å². The van der Waals surface area contributed by atoms with Crippen molar-refractivity contribution in [1.29, 1.82) is 0 Å². The van der Waals surface area contributed by atoms with Gasteiger partial charge >= 0.3 is 0 Å². The second-order valence-corrected chi connectivity index (χ2v) is 1.54. The minimum Gasteiger partial charge on any atom is -0.396 e. The van der Waals surface area contributed by atoms with Crippen molar-refractivity contribution in [2.24, 2.45) is 9.98 Å². The topological polar surface area (TPSA) is 45.0 Å². The molecule has 0 saturated carbocycles. The van der Waals surface area contributed by atoms with Crippen LogP contribution in [0.5, 0.6) is 0 Å². The van der Waals surface area contributed by atoms with Crippen molar-refractivity contribution in [1.82, 2.24) is 0 Å². The lowest BCUT2D eigenvalue weighted by Gasteiger charge is -1.84. The van der Waals surface area contributed by atoms with Gasteiger partial charge in [-0.25, -0.2) is 0 Å². The molecule has 0 heterocycles. The van der Waals surface area contributed by atoms with Crippen LogP contribution in [0.2, 0.25) is 0 Å². The van der Waals surface area contributed by atoms with Gasteiger partial charge in [-0.05, 0) is 6.42 Å². The molecule has 0 amide bonds. The van der Waals surface area contributed by atoms with Crippen LogP contribution in [0.25, 0.3) is 0 Å². The van der Waals surface area contributed by atoms with Crippen LogP contribution in [-0.2, 0) is 0 Å². The summed E-state index contributed by atoms with van der Waals surface area (Å²) in [6.45, 7) is 0.892. The molecule has 0 bridgehead atoms. The minimum atomic E-state index is 0.209. The number of nitrogens with zero attached hydrogens (tertiary/aromatic N) is 2. The third kappa shape index (κ3) is 7.30. The van der Waals surface area contributed by atoms with Crippen LogP contribution in [0.15, 0.2) is 9.98 Å². The normalized spacial score (nSPS) is 11.8. The summed E-state index contributed by atoms with van der Waals surface area (Å²) in [5, 5.41) is 8.32. The van der Waals surface area contributed by atoms with Gasteiger partial charge in [0.05, 0.1) is 0 Å². The molecule has 0 rings (SSSR count). The SMILES string of the molecule is CN=CC=NCCCO. The molecule has 0 saturated heterocycles. The average Bonchev–Trinajstić information content (AvgIpc) is 1.89. The first-order valence-electron chi connectivity index (χ1n) is 2.93. The Morgan fingerprint density at radius 3 is 2.78 bits per heavy atom. The maximum Gasteiger partial charge on any atom is 0.0448 e. The molecule has 0 aromatic rings. The summed E-state index contributed by atoms with van der Waals surface area (Å²) in [4.78, 5) is 7.61. The zero-order valence-electron chi connectivity index (χ0n) is 5.62. The zero-order valence-corrected chi connectivity index (χ0v) is 5.62. The summed E-state index contributed by atoms with van der Waals surface area (Å²) >= 11 is 0. The van der Waals surface area contributed by atoms with E-state index in [1.54, 1.807) is 19.5 Å². The van der Waals surface area contributed by atoms with Crippen LogP contribution in [0.1, 0.15) is 6.42 Å². The summed E-state index contributed by atoms with van der Waals surface area (Å²) in [5.74, 6) is 0. The Balaban J connectivity index is 3.04. The van der Waals surface area contributed by atoms with E-state index >= 15 is 0 Å². The molecule has 0 atom stereocenters. The van der Waals surface area contributed by atoms with E-state index in [1.807, 2.05) is 0 Å². The lowest BCUT2D eigenvalue weighted by molar-refractivity contribution is 0.291. The lowest BCUT2D eigenvalue weighted by Crippen LogP contribution is -1.87. The van der Waals surface area contributed by atoms with Crippen molar-refractivity contribution in [3.8, 4) is 0 Å². The Labute approximate surface area is 55.1 Å². The smallest absolute Gasteiger partial charge is 0.0448 e. The van der Waals surface area contributed by atoms with Gasteiger partial charge in [0.15, 0.2) is 0 Å². The molecular formula is C6H12N2O. The van der Waals surface area contributed by atoms with E-state index in [-0.39, 0.29) is 6.61 Å². The molecule has 0 aliphatic rings. The fourth-order valence-corrected chi connectivity index (χ4v) is 0.350. The Morgan fingerprint density at radius 1 is 1.44 bits per heavy atom. The summed E-state index contributed by atoms with van der Waals surface area (Å²) < 4.78 is 0. The van der Waals surface area contributed by atoms with Crippen LogP contribution in [-0.4, -0.2) is 37.7 Å². The summed E-state index contributed by atoms with van der Waals surface area (Å²) in [6.07, 6.45) is 3.99. The van der Waals surface area contributed by atoms with Gasteiger partial charge in [-0.15, -0.1) is 0 Å². The first-order valence-corrected chi connectivity index (χ1v) is 2.93. The van der Waals surface area contributed by atoms with Gasteiger partial charge in [0.25, 0.3) is 0 Å². The van der Waals surface area contributed by atoms with Gasteiger partial charge in [0.1, 0.15) is 0 Å². The number of aliphatic hydroxyl groups excluding tert-OH is 1. The molecule has 3 nitrogen and oxygen atoms in total. The highest BCUT2D eigenvalue weighted by Crippen LogP contribution is 1.74. The fourth-order valence-electron chi connectivity index (χ4n) is 0.350. The van der Waals surface area contributed by atoms with E-state index < -0.39 is 0 Å². The molecule has 0 aliphatic heterocycles. The Hall–Kier alpha value is -0.700. The van der Waals surface area contributed by atoms with Crippen molar-refractivity contribution in [3.63, 3.8) is 0 Å². The highest BCUT2D eigenvalue weighted by atomic mass is 16.2. The predicted molar refractivity (Wildman–Crippen MR) is 39.5 cm³/mol. The quantitative estimate of drug-likeness (QED) is 0.425. The number of hydrogen-bond donors (Lipinski definition) is 1. The maximum absolute atomic E-state index is 8.32. The third-order valence-corrected chi connectivity index (χ3v) is 0.766. The first-order chi connectivity index (χ1) is 4.41. The molecule has 1 N–H and O–H groups in total. The maximum atomic E-state index is 8.32. The minimum absolute atomic E-state index is 0.209. The largest absolute Gasteiger partial charge is 0.396 e. The molecule has 0 fully saturated rings. The molecule has 0 aliphatic carbocycles. The molecule has 3 heteroatoms. The van der Waals surface area contributed by atoms with Gasteiger partial charge in [0.2, 0.25) is 0 Å². The molecule has 0 unspecified atom stereocenters. The highest BCUT2D eigenvalue weighted by molar-refractivity contribution is 6.15. The van der Waals surface area contributed by atoms with E-state index in [2.05, 4.69) is 9.98 Å². The molecule has 0 radical (unpaired) electrons. The number of aliphatic hydroxyl groups is 1. The van der Waals surface area contributed by atoms with Crippen LogP contribution >= 0.6 is 0 Å². The summed E-state index contributed by atoms with van der Waals surface area (Å²) in [6, 6.07) is 0. The monoisotopic (exact) mass is 128 g/mol. The second kappa shape index (κ2) is 7.30. The van der Waals surface area contributed by atoms with Crippen molar-refractivity contribution >= 4 is 12.4 Å². The number of rotatable bonds is 4. The van der Waals surface area contributed by atoms with E-state index in [0.29, 0.717) is 6.54 Å². The van der Waals surface area contributed by atoms with Gasteiger partial charge in [-0.2, -0.15) is 0 Å². The van der Waals surface area contributed by atoms with Crippen molar-refractivity contribution < 1.29 is 5.11 Å². The average molecular weight is 128 g/mol. The summed E-state index contributed by atoms with van der Waals surface area (Å²) in [7, 11) is 1.69. The number of aliphatic imine (C=N–C) groups is 2. The molecule has 0 spiro atoms. The number of hydrogen-bond acceptors (Lipinski definition) is 3. The van der Waals surface area contributed by atoms with Gasteiger partial charge < -0.3 is 5.11 Å². The van der Waals surface area contributed by atoms with Crippen molar-refractivity contribution in [2.45, 2.75) is 6.42 Å².